The van der Waals surface area contributed by atoms with E-state index in [0.29, 0.717) is 12.2 Å². The fourth-order valence-electron chi connectivity index (χ4n) is 1.60. The second-order valence-electron chi connectivity index (χ2n) is 5.60. The monoisotopic (exact) mass is 289 g/mol. The summed E-state index contributed by atoms with van der Waals surface area (Å²) in [5.74, 6) is 0.814. The Morgan fingerprint density at radius 3 is 2.45 bits per heavy atom. The molecule has 0 atom stereocenters. The molecular formula is C15H19N3OS. The molecule has 0 spiro atoms. The van der Waals surface area contributed by atoms with Crippen LogP contribution < -0.4 is 10.5 Å². The maximum atomic E-state index is 7.33. The lowest BCUT2D eigenvalue weighted by Crippen LogP contribution is -2.11. The Labute approximate surface area is 123 Å². The van der Waals surface area contributed by atoms with E-state index in [1.807, 2.05) is 12.1 Å². The number of nitrogens with zero attached hydrogens (tertiary/aromatic N) is 1. The molecule has 3 N–H and O–H groups in total. The van der Waals surface area contributed by atoms with Gasteiger partial charge in [0.15, 0.2) is 0 Å². The second-order valence-corrected chi connectivity index (χ2v) is 6.55. The standard InChI is InChI=1S/C15H19N3OS/c1-15(2,3)12-9-20-13(18-12)8-19-11-6-4-10(5-7-11)14(16)17/h4-7,9H,8H2,1-3H3,(H3,16,17). The third-order valence-electron chi connectivity index (χ3n) is 2.85. The van der Waals surface area contributed by atoms with Gasteiger partial charge in [-0.2, -0.15) is 0 Å². The minimum atomic E-state index is 0.0614. The molecule has 5 heteroatoms. The molecule has 0 aliphatic rings. The molecule has 20 heavy (non-hydrogen) atoms. The van der Waals surface area contributed by atoms with Crippen LogP contribution in [0, 0.1) is 5.41 Å². The Kier molecular flexibility index (Phi) is 4.09. The zero-order valence-electron chi connectivity index (χ0n) is 11.9. The van der Waals surface area contributed by atoms with Crippen molar-refractivity contribution in [2.45, 2.75) is 32.8 Å². The van der Waals surface area contributed by atoms with Gasteiger partial charge in [0.25, 0.3) is 0 Å². The van der Waals surface area contributed by atoms with Gasteiger partial charge in [0.2, 0.25) is 0 Å². The molecule has 106 valence electrons. The van der Waals surface area contributed by atoms with Gasteiger partial charge in [0.1, 0.15) is 23.2 Å². The number of hydrogen-bond acceptors (Lipinski definition) is 4. The smallest absolute Gasteiger partial charge is 0.140 e. The molecule has 1 aromatic heterocycles. The van der Waals surface area contributed by atoms with E-state index in [4.69, 9.17) is 15.9 Å². The maximum absolute atomic E-state index is 7.33. The van der Waals surface area contributed by atoms with E-state index in [1.54, 1.807) is 23.5 Å². The lowest BCUT2D eigenvalue weighted by molar-refractivity contribution is 0.305. The van der Waals surface area contributed by atoms with Crippen LogP contribution in [0.15, 0.2) is 29.6 Å². The molecule has 1 aromatic carbocycles. The molecule has 0 aliphatic heterocycles. The summed E-state index contributed by atoms with van der Waals surface area (Å²) < 4.78 is 5.69. The lowest BCUT2D eigenvalue weighted by Gasteiger charge is -2.14. The van der Waals surface area contributed by atoms with Crippen LogP contribution in [0.4, 0.5) is 0 Å². The van der Waals surface area contributed by atoms with Crippen LogP contribution in [-0.2, 0) is 12.0 Å². The van der Waals surface area contributed by atoms with Crippen LogP contribution >= 0.6 is 11.3 Å². The third-order valence-corrected chi connectivity index (χ3v) is 3.67. The van der Waals surface area contributed by atoms with Gasteiger partial charge in [-0.05, 0) is 24.3 Å². The molecule has 0 bridgehead atoms. The highest BCUT2D eigenvalue weighted by Crippen LogP contribution is 2.24. The van der Waals surface area contributed by atoms with E-state index >= 15 is 0 Å². The fourth-order valence-corrected chi connectivity index (χ4v) is 2.53. The zero-order valence-corrected chi connectivity index (χ0v) is 12.8. The first-order valence-electron chi connectivity index (χ1n) is 6.38. The predicted octanol–water partition coefficient (Wildman–Crippen LogP) is 3.30. The van der Waals surface area contributed by atoms with Gasteiger partial charge in [-0.15, -0.1) is 11.3 Å². The predicted molar refractivity (Wildman–Crippen MR) is 82.6 cm³/mol. The highest BCUT2D eigenvalue weighted by atomic mass is 32.1. The Bertz CT molecular complexity index is 596. The lowest BCUT2D eigenvalue weighted by atomic mass is 9.93. The van der Waals surface area contributed by atoms with Crippen molar-refractivity contribution in [3.8, 4) is 5.75 Å². The van der Waals surface area contributed by atoms with Gasteiger partial charge in [-0.3, -0.25) is 5.41 Å². The van der Waals surface area contributed by atoms with Crippen molar-refractivity contribution in [2.75, 3.05) is 0 Å². The molecule has 0 radical (unpaired) electrons. The number of thiazole rings is 1. The molecule has 2 rings (SSSR count). The summed E-state index contributed by atoms with van der Waals surface area (Å²) in [5, 5.41) is 10.4. The first kappa shape index (κ1) is 14.5. The number of nitrogen functional groups attached to an aromatic ring is 1. The number of nitrogens with one attached hydrogen (secondary N) is 1. The first-order valence-corrected chi connectivity index (χ1v) is 7.26. The summed E-state index contributed by atoms with van der Waals surface area (Å²) >= 11 is 1.61. The van der Waals surface area contributed by atoms with Gasteiger partial charge in [0.05, 0.1) is 5.69 Å². The number of nitrogens with two attached hydrogens (primary N) is 1. The first-order chi connectivity index (χ1) is 9.36. The average Bonchev–Trinajstić information content (AvgIpc) is 2.85. The van der Waals surface area contributed by atoms with Gasteiger partial charge in [-0.1, -0.05) is 20.8 Å². The number of ether oxygens (including phenoxy) is 1. The van der Waals surface area contributed by atoms with E-state index in [-0.39, 0.29) is 11.3 Å². The van der Waals surface area contributed by atoms with Crippen molar-refractivity contribution in [3.05, 3.63) is 45.9 Å². The highest BCUT2D eigenvalue weighted by molar-refractivity contribution is 7.09. The van der Waals surface area contributed by atoms with Crippen LogP contribution in [0.5, 0.6) is 5.75 Å². The number of hydrogen-bond donors (Lipinski definition) is 2. The Balaban J connectivity index is 1.98. The summed E-state index contributed by atoms with van der Waals surface area (Å²) in [6.07, 6.45) is 0. The topological polar surface area (TPSA) is 72.0 Å². The summed E-state index contributed by atoms with van der Waals surface area (Å²) in [6, 6.07) is 7.18. The van der Waals surface area contributed by atoms with Crippen molar-refractivity contribution in [2.24, 2.45) is 5.73 Å². The summed E-state index contributed by atoms with van der Waals surface area (Å²) in [6.45, 7) is 6.90. The van der Waals surface area contributed by atoms with Crippen molar-refractivity contribution >= 4 is 17.2 Å². The molecule has 2 aromatic rings. The zero-order chi connectivity index (χ0) is 14.8. The molecule has 0 saturated heterocycles. The summed E-state index contributed by atoms with van der Waals surface area (Å²) in [5.41, 5.74) is 7.26. The van der Waals surface area contributed by atoms with E-state index in [9.17, 15) is 0 Å². The Morgan fingerprint density at radius 1 is 1.30 bits per heavy atom. The molecule has 0 fully saturated rings. The van der Waals surface area contributed by atoms with Crippen molar-refractivity contribution in [1.82, 2.24) is 4.98 Å². The SMILES string of the molecule is CC(C)(C)c1csc(COc2ccc(C(=N)N)cc2)n1. The van der Waals surface area contributed by atoms with Gasteiger partial charge in [-0.25, -0.2) is 4.98 Å². The molecule has 0 aliphatic carbocycles. The van der Waals surface area contributed by atoms with Crippen molar-refractivity contribution in [1.29, 1.82) is 5.41 Å². The van der Waals surface area contributed by atoms with Gasteiger partial charge in [0, 0.05) is 16.4 Å². The van der Waals surface area contributed by atoms with Gasteiger partial charge < -0.3 is 10.5 Å². The Hall–Kier alpha value is -1.88. The largest absolute Gasteiger partial charge is 0.486 e. The highest BCUT2D eigenvalue weighted by Gasteiger charge is 2.17. The van der Waals surface area contributed by atoms with Crippen LogP contribution in [0.25, 0.3) is 0 Å². The van der Waals surface area contributed by atoms with E-state index in [1.165, 1.54) is 0 Å². The number of rotatable bonds is 4. The van der Waals surface area contributed by atoms with Crippen LogP contribution in [0.2, 0.25) is 0 Å². The summed E-state index contributed by atoms with van der Waals surface area (Å²) in [4.78, 5) is 4.58. The molecule has 0 unspecified atom stereocenters. The van der Waals surface area contributed by atoms with Crippen LogP contribution in [0.3, 0.4) is 0 Å². The third kappa shape index (κ3) is 3.57. The van der Waals surface area contributed by atoms with Crippen LogP contribution in [0.1, 0.15) is 37.0 Å². The molecule has 0 saturated carbocycles. The van der Waals surface area contributed by atoms with Crippen LogP contribution in [-0.4, -0.2) is 10.8 Å². The normalized spacial score (nSPS) is 11.3. The molecule has 4 nitrogen and oxygen atoms in total. The Morgan fingerprint density at radius 2 is 1.95 bits per heavy atom. The maximum Gasteiger partial charge on any atom is 0.140 e. The number of amidine groups is 1. The molecular weight excluding hydrogens is 270 g/mol. The summed E-state index contributed by atoms with van der Waals surface area (Å²) in [7, 11) is 0. The molecule has 0 amide bonds. The van der Waals surface area contributed by atoms with Crippen molar-refractivity contribution < 1.29 is 4.74 Å². The minimum absolute atomic E-state index is 0.0614. The van der Waals surface area contributed by atoms with E-state index in [2.05, 4.69) is 31.1 Å². The molecule has 1 heterocycles. The minimum Gasteiger partial charge on any atom is -0.486 e. The number of benzene rings is 1. The average molecular weight is 289 g/mol. The fraction of sp³-hybridized carbons (Fsp3) is 0.333. The van der Waals surface area contributed by atoms with E-state index < -0.39 is 0 Å². The van der Waals surface area contributed by atoms with Gasteiger partial charge >= 0.3 is 0 Å². The van der Waals surface area contributed by atoms with Crippen molar-refractivity contribution in [3.63, 3.8) is 0 Å². The number of aromatic nitrogens is 1. The second kappa shape index (κ2) is 5.63. The quantitative estimate of drug-likeness (QED) is 0.670. The van der Waals surface area contributed by atoms with E-state index in [0.717, 1.165) is 16.5 Å².